The number of rotatable bonds is 7. The van der Waals surface area contributed by atoms with Gasteiger partial charge in [-0.15, -0.1) is 0 Å². The van der Waals surface area contributed by atoms with Gasteiger partial charge in [0.1, 0.15) is 0 Å². The summed E-state index contributed by atoms with van der Waals surface area (Å²) >= 11 is 0.999. The first kappa shape index (κ1) is 10.3. The van der Waals surface area contributed by atoms with Gasteiger partial charge >= 0.3 is 0 Å². The van der Waals surface area contributed by atoms with Crippen molar-refractivity contribution in [2.45, 2.75) is 39.5 Å². The van der Waals surface area contributed by atoms with Crippen LogP contribution in [0, 0.1) is 0 Å². The Kier molecular flexibility index (Phi) is 9.60. The minimum atomic E-state index is 0.999. The molecule has 0 radical (unpaired) electrons. The second kappa shape index (κ2) is 9.31. The third-order valence-corrected chi connectivity index (χ3v) is 2.54. The van der Waals surface area contributed by atoms with E-state index in [4.69, 9.17) is 0 Å². The highest BCUT2D eigenvalue weighted by molar-refractivity contribution is 7.97. The lowest BCUT2D eigenvalue weighted by molar-refractivity contribution is 0.774. The maximum atomic E-state index is 3.45. The molecule has 0 aromatic rings. The fourth-order valence-electron chi connectivity index (χ4n) is 0.707. The van der Waals surface area contributed by atoms with E-state index in [1.165, 1.54) is 38.0 Å². The van der Waals surface area contributed by atoms with Crippen molar-refractivity contribution in [1.82, 2.24) is 4.72 Å². The van der Waals surface area contributed by atoms with Crippen LogP contribution in [0.15, 0.2) is 0 Å². The Hall–Kier alpha value is 0.310. The van der Waals surface area contributed by atoms with Crippen molar-refractivity contribution in [2.24, 2.45) is 0 Å². The molecule has 0 aliphatic rings. The zero-order valence-electron chi connectivity index (χ0n) is 7.24. The normalized spacial score (nSPS) is 12.2. The fourth-order valence-corrected chi connectivity index (χ4v) is 1.77. The van der Waals surface area contributed by atoms with Crippen molar-refractivity contribution < 1.29 is 0 Å². The van der Waals surface area contributed by atoms with E-state index in [0.717, 1.165) is 11.9 Å². The van der Waals surface area contributed by atoms with Crippen molar-refractivity contribution in [3.63, 3.8) is 0 Å². The van der Waals surface area contributed by atoms with Crippen LogP contribution in [0.4, 0.5) is 0 Å². The zero-order chi connectivity index (χ0) is 7.66. The molecule has 0 amide bonds. The molecule has 1 N–H and O–H groups in total. The maximum Gasteiger partial charge on any atom is 0.00387 e. The van der Waals surface area contributed by atoms with Gasteiger partial charge in [-0.25, -0.2) is 11.9 Å². The lowest BCUT2D eigenvalue weighted by Crippen LogP contribution is -2.05. The van der Waals surface area contributed by atoms with Gasteiger partial charge in [0.25, 0.3) is 0 Å². The highest BCUT2D eigenvalue weighted by Crippen LogP contribution is 1.99. The third-order valence-electron chi connectivity index (χ3n) is 1.44. The van der Waals surface area contributed by atoms with Crippen molar-refractivity contribution in [1.29, 1.82) is 0 Å². The van der Waals surface area contributed by atoms with Gasteiger partial charge in [0.05, 0.1) is 0 Å². The molecule has 0 heterocycles. The Morgan fingerprint density at radius 3 is 2.40 bits per heavy atom. The summed E-state index contributed by atoms with van der Waals surface area (Å²) in [5.41, 5.74) is 0. The molecule has 0 bridgehead atoms. The largest absolute Gasteiger partial charge is 0.286 e. The van der Waals surface area contributed by atoms with Crippen molar-refractivity contribution >= 4 is 11.9 Å². The molecule has 0 aliphatic heterocycles. The highest BCUT2D eigenvalue weighted by atomic mass is 32.2. The summed E-state index contributed by atoms with van der Waals surface area (Å²) in [6, 6.07) is 0. The molecule has 0 unspecified atom stereocenters. The minimum absolute atomic E-state index is 0.999. The Labute approximate surface area is 69.1 Å². The van der Waals surface area contributed by atoms with Gasteiger partial charge < -0.3 is 0 Å². The summed E-state index contributed by atoms with van der Waals surface area (Å²) < 4.78 is 3.45. The van der Waals surface area contributed by atoms with Gasteiger partial charge in [0.2, 0.25) is 0 Å². The molecule has 0 aromatic carbocycles. The average Bonchev–Trinajstić information content (AvgIpc) is 1.97. The first-order chi connectivity index (χ1) is 4.91. The van der Waals surface area contributed by atoms with Crippen LogP contribution >= 0.6 is 11.9 Å². The van der Waals surface area contributed by atoms with Gasteiger partial charge in [-0.3, -0.25) is 4.72 Å². The van der Waals surface area contributed by atoms with E-state index in [-0.39, 0.29) is 0 Å². The number of hydrogen-bond donors (Lipinski definition) is 1. The predicted octanol–water partition coefficient (Wildman–Crippen LogP) is 2.29. The zero-order valence-corrected chi connectivity index (χ0v) is 8.24. The fraction of sp³-hybridized carbons (Fsp3) is 1.00. The van der Waals surface area contributed by atoms with Crippen LogP contribution in [0.2, 0.25) is 0 Å². The number of nitrogens with one attached hydrogen (secondary N) is 1. The molecule has 0 fully saturated rings. The molecule has 0 aliphatic carbocycles. The number of hydrogen-bond acceptors (Lipinski definition) is 1. The Morgan fingerprint density at radius 1 is 1.10 bits per heavy atom. The van der Waals surface area contributed by atoms with E-state index in [2.05, 4.69) is 18.6 Å². The van der Waals surface area contributed by atoms with Crippen LogP contribution in [0.1, 0.15) is 39.5 Å². The van der Waals surface area contributed by atoms with Gasteiger partial charge in [-0.1, -0.05) is 26.7 Å². The summed E-state index contributed by atoms with van der Waals surface area (Å²) in [5, 5.41) is 0. The quantitative estimate of drug-likeness (QED) is 0.568. The van der Waals surface area contributed by atoms with Crippen molar-refractivity contribution in [3.05, 3.63) is 0 Å². The maximum absolute atomic E-state index is 3.45. The Morgan fingerprint density at radius 2 is 1.80 bits per heavy atom. The van der Waals surface area contributed by atoms with Crippen LogP contribution in [0.3, 0.4) is 0 Å². The smallest absolute Gasteiger partial charge is 0.00387 e. The van der Waals surface area contributed by atoms with E-state index >= 15 is 0 Å². The van der Waals surface area contributed by atoms with E-state index in [1.807, 2.05) is 0 Å². The Balaban J connectivity index is 2.65. The van der Waals surface area contributed by atoms with Gasteiger partial charge in [0, 0.05) is 6.54 Å². The summed E-state index contributed by atoms with van der Waals surface area (Å²) in [4.78, 5) is 0. The van der Waals surface area contributed by atoms with Crippen LogP contribution < -0.4 is 4.72 Å². The molecule has 0 aromatic heterocycles. The summed E-state index contributed by atoms with van der Waals surface area (Å²) in [7, 11) is 0. The molecule has 10 heavy (non-hydrogen) atoms. The average molecular weight is 163 g/mol. The van der Waals surface area contributed by atoms with E-state index in [0.29, 0.717) is 0 Å². The standard InChI is InChI=1S/C8H21NS/c1-3-5-7-9-10-8-6-4-2/h9H,3-8,10H2,1-2H3. The lowest BCUT2D eigenvalue weighted by atomic mass is 10.3. The second-order valence-electron chi connectivity index (χ2n) is 2.56. The minimum Gasteiger partial charge on any atom is -0.286 e. The topological polar surface area (TPSA) is 12.0 Å². The van der Waals surface area contributed by atoms with Crippen LogP contribution in [0.5, 0.6) is 0 Å². The molecule has 0 atom stereocenters. The SMILES string of the molecule is CCCCN[SH2]CCCC. The highest BCUT2D eigenvalue weighted by Gasteiger charge is 1.83. The molecule has 0 saturated carbocycles. The van der Waals surface area contributed by atoms with Crippen LogP contribution in [-0.4, -0.2) is 12.3 Å². The third kappa shape index (κ3) is 8.31. The second-order valence-corrected chi connectivity index (χ2v) is 3.77. The molecular formula is C8H21NS. The van der Waals surface area contributed by atoms with E-state index in [1.54, 1.807) is 0 Å². The lowest BCUT2D eigenvalue weighted by Gasteiger charge is -2.04. The molecule has 2 heteroatoms. The van der Waals surface area contributed by atoms with Gasteiger partial charge in [-0.05, 0) is 18.6 Å². The molecule has 1 nitrogen and oxygen atoms in total. The predicted molar refractivity (Wildman–Crippen MR) is 53.1 cm³/mol. The van der Waals surface area contributed by atoms with Gasteiger partial charge in [0.15, 0.2) is 0 Å². The summed E-state index contributed by atoms with van der Waals surface area (Å²) in [6.45, 7) is 5.70. The van der Waals surface area contributed by atoms with Crippen molar-refractivity contribution in [3.8, 4) is 0 Å². The number of unbranched alkanes of at least 4 members (excludes halogenated alkanes) is 2. The summed E-state index contributed by atoms with van der Waals surface area (Å²) in [5.74, 6) is 1.38. The molecule has 0 spiro atoms. The van der Waals surface area contributed by atoms with Crippen LogP contribution in [-0.2, 0) is 0 Å². The molecule has 0 rings (SSSR count). The van der Waals surface area contributed by atoms with E-state index < -0.39 is 0 Å². The van der Waals surface area contributed by atoms with Crippen LogP contribution in [0.25, 0.3) is 0 Å². The van der Waals surface area contributed by atoms with E-state index in [9.17, 15) is 0 Å². The molecular weight excluding hydrogens is 142 g/mol. The Bertz CT molecular complexity index is 49.2. The summed E-state index contributed by atoms with van der Waals surface area (Å²) in [6.07, 6.45) is 5.37. The van der Waals surface area contributed by atoms with Gasteiger partial charge in [-0.2, -0.15) is 0 Å². The first-order valence-electron chi connectivity index (χ1n) is 4.37. The molecule has 0 saturated heterocycles. The van der Waals surface area contributed by atoms with Crippen molar-refractivity contribution in [2.75, 3.05) is 12.3 Å². The molecule has 64 valence electrons. The monoisotopic (exact) mass is 163 g/mol. The first-order valence-corrected chi connectivity index (χ1v) is 5.58.